The molecule has 3 aromatic rings. The predicted octanol–water partition coefficient (Wildman–Crippen LogP) is 2.72. The molecule has 3 N–H and O–H groups in total. The second-order valence-electron chi connectivity index (χ2n) is 6.98. The second kappa shape index (κ2) is 8.06. The molecule has 0 spiro atoms. The fourth-order valence-corrected chi connectivity index (χ4v) is 4.16. The third-order valence-corrected chi connectivity index (χ3v) is 5.85. The lowest BCUT2D eigenvalue weighted by Crippen LogP contribution is -2.44. The number of ether oxygens (including phenoxy) is 1. The molecule has 6 nitrogen and oxygen atoms in total. The molecule has 146 valence electrons. The maximum absolute atomic E-state index is 10.4. The zero-order valence-corrected chi connectivity index (χ0v) is 16.2. The van der Waals surface area contributed by atoms with Gasteiger partial charge in [-0.3, -0.25) is 0 Å². The summed E-state index contributed by atoms with van der Waals surface area (Å²) in [7, 11) is 0. The van der Waals surface area contributed by atoms with Crippen LogP contribution in [-0.2, 0) is 4.74 Å². The Kier molecular flexibility index (Phi) is 5.52. The summed E-state index contributed by atoms with van der Waals surface area (Å²) in [5.41, 5.74) is 3.79. The van der Waals surface area contributed by atoms with E-state index in [2.05, 4.69) is 10.2 Å². The smallest absolute Gasteiger partial charge is 0.147 e. The highest BCUT2D eigenvalue weighted by molar-refractivity contribution is 7.14. The first-order valence-electron chi connectivity index (χ1n) is 9.18. The SMILES string of the molecule is Cc1nnc(-c2ccc(-c3cccc(C4OC(CO)CC(O)C4O)c3)cc2)s1. The molecule has 0 aliphatic carbocycles. The zero-order valence-electron chi connectivity index (χ0n) is 15.4. The quantitative estimate of drug-likeness (QED) is 0.625. The third kappa shape index (κ3) is 3.85. The van der Waals surface area contributed by atoms with Gasteiger partial charge in [0.15, 0.2) is 0 Å². The Morgan fingerprint density at radius 3 is 2.46 bits per heavy atom. The highest BCUT2D eigenvalue weighted by Gasteiger charge is 2.37. The van der Waals surface area contributed by atoms with Crippen molar-refractivity contribution in [2.45, 2.75) is 37.8 Å². The van der Waals surface area contributed by atoms with Crippen molar-refractivity contribution in [2.24, 2.45) is 0 Å². The van der Waals surface area contributed by atoms with Crippen molar-refractivity contribution in [1.82, 2.24) is 10.2 Å². The van der Waals surface area contributed by atoms with E-state index < -0.39 is 24.4 Å². The molecule has 2 heterocycles. The van der Waals surface area contributed by atoms with Crippen LogP contribution in [0.15, 0.2) is 48.5 Å². The minimum atomic E-state index is -1.03. The Bertz CT molecular complexity index is 944. The van der Waals surface area contributed by atoms with Gasteiger partial charge in [-0.25, -0.2) is 0 Å². The van der Waals surface area contributed by atoms with Gasteiger partial charge in [0.2, 0.25) is 0 Å². The third-order valence-electron chi connectivity index (χ3n) is 4.96. The van der Waals surface area contributed by atoms with Gasteiger partial charge in [-0.1, -0.05) is 53.8 Å². The highest BCUT2D eigenvalue weighted by atomic mass is 32.1. The van der Waals surface area contributed by atoms with Crippen LogP contribution in [0.1, 0.15) is 23.1 Å². The van der Waals surface area contributed by atoms with Crippen LogP contribution in [0.2, 0.25) is 0 Å². The van der Waals surface area contributed by atoms with Gasteiger partial charge >= 0.3 is 0 Å². The first-order valence-corrected chi connectivity index (χ1v) is 10.00. The minimum Gasteiger partial charge on any atom is -0.394 e. The molecular formula is C21H22N2O4S. The fraction of sp³-hybridized carbons (Fsp3) is 0.333. The first-order chi connectivity index (χ1) is 13.5. The van der Waals surface area contributed by atoms with Crippen LogP contribution in [-0.4, -0.2) is 50.4 Å². The number of hydrogen-bond acceptors (Lipinski definition) is 7. The second-order valence-corrected chi connectivity index (χ2v) is 8.17. The molecule has 4 rings (SSSR count). The van der Waals surface area contributed by atoms with Gasteiger partial charge < -0.3 is 20.1 Å². The van der Waals surface area contributed by atoms with Crippen molar-refractivity contribution in [1.29, 1.82) is 0 Å². The van der Waals surface area contributed by atoms with Crippen LogP contribution in [0, 0.1) is 6.92 Å². The largest absolute Gasteiger partial charge is 0.394 e. The van der Waals surface area contributed by atoms with Gasteiger partial charge in [-0.2, -0.15) is 0 Å². The first kappa shape index (κ1) is 19.2. The maximum atomic E-state index is 10.4. The molecule has 0 amide bonds. The van der Waals surface area contributed by atoms with Crippen LogP contribution < -0.4 is 0 Å². The maximum Gasteiger partial charge on any atom is 0.147 e. The van der Waals surface area contributed by atoms with Crippen molar-refractivity contribution < 1.29 is 20.1 Å². The molecular weight excluding hydrogens is 376 g/mol. The number of aromatic nitrogens is 2. The normalized spacial score (nSPS) is 25.0. The number of aliphatic hydroxyl groups excluding tert-OH is 3. The molecule has 0 saturated carbocycles. The lowest BCUT2D eigenvalue weighted by atomic mass is 9.91. The zero-order chi connectivity index (χ0) is 19.7. The molecule has 1 saturated heterocycles. The topological polar surface area (TPSA) is 95.7 Å². The Morgan fingerprint density at radius 2 is 1.79 bits per heavy atom. The molecule has 0 radical (unpaired) electrons. The van der Waals surface area contributed by atoms with E-state index >= 15 is 0 Å². The Morgan fingerprint density at radius 1 is 1.04 bits per heavy atom. The number of benzene rings is 2. The lowest BCUT2D eigenvalue weighted by Gasteiger charge is -2.37. The standard InChI is InChI=1S/C21H22N2O4S/c1-12-22-23-21(28-12)14-7-5-13(6-8-14)15-3-2-4-16(9-15)20-19(26)18(25)10-17(11-24)27-20/h2-9,17-20,24-26H,10-11H2,1H3. The van der Waals surface area contributed by atoms with Gasteiger partial charge in [0.1, 0.15) is 22.2 Å². The molecule has 2 aromatic carbocycles. The monoisotopic (exact) mass is 398 g/mol. The van der Waals surface area contributed by atoms with Gasteiger partial charge in [0.25, 0.3) is 0 Å². The Hall–Kier alpha value is -2.16. The summed E-state index contributed by atoms with van der Waals surface area (Å²) < 4.78 is 5.80. The van der Waals surface area contributed by atoms with E-state index in [1.165, 1.54) is 0 Å². The number of hydrogen-bond donors (Lipinski definition) is 3. The van der Waals surface area contributed by atoms with Crippen molar-refractivity contribution in [3.8, 4) is 21.7 Å². The van der Waals surface area contributed by atoms with Gasteiger partial charge in [-0.05, 0) is 29.7 Å². The van der Waals surface area contributed by atoms with Gasteiger partial charge in [0.05, 0.1) is 18.8 Å². The van der Waals surface area contributed by atoms with Crippen molar-refractivity contribution in [3.05, 3.63) is 59.1 Å². The summed E-state index contributed by atoms with van der Waals surface area (Å²) in [5, 5.41) is 39.9. The molecule has 1 aromatic heterocycles. The van der Waals surface area contributed by atoms with E-state index in [-0.39, 0.29) is 13.0 Å². The van der Waals surface area contributed by atoms with E-state index in [4.69, 9.17) is 4.74 Å². The molecule has 28 heavy (non-hydrogen) atoms. The van der Waals surface area contributed by atoms with E-state index in [0.29, 0.717) is 0 Å². The summed E-state index contributed by atoms with van der Waals surface area (Å²) in [6.07, 6.45) is -2.89. The number of aliphatic hydroxyl groups is 3. The number of aryl methyl sites for hydroxylation is 1. The Balaban J connectivity index is 1.60. The van der Waals surface area contributed by atoms with Crippen molar-refractivity contribution >= 4 is 11.3 Å². The summed E-state index contributed by atoms with van der Waals surface area (Å²) in [4.78, 5) is 0. The van der Waals surface area contributed by atoms with E-state index in [1.807, 2.05) is 55.5 Å². The van der Waals surface area contributed by atoms with Crippen LogP contribution in [0.25, 0.3) is 21.7 Å². The van der Waals surface area contributed by atoms with Crippen molar-refractivity contribution in [2.75, 3.05) is 6.61 Å². The molecule has 0 bridgehead atoms. The van der Waals surface area contributed by atoms with Crippen molar-refractivity contribution in [3.63, 3.8) is 0 Å². The summed E-state index contributed by atoms with van der Waals surface area (Å²) in [6, 6.07) is 15.8. The van der Waals surface area contributed by atoms with E-state index in [0.717, 1.165) is 32.3 Å². The number of nitrogens with zero attached hydrogens (tertiary/aromatic N) is 2. The van der Waals surface area contributed by atoms with Gasteiger partial charge in [-0.15, -0.1) is 10.2 Å². The van der Waals surface area contributed by atoms with Crippen LogP contribution in [0.3, 0.4) is 0 Å². The Labute approximate surface area is 167 Å². The number of rotatable bonds is 4. The molecule has 4 atom stereocenters. The predicted molar refractivity (Wildman–Crippen MR) is 107 cm³/mol. The van der Waals surface area contributed by atoms with Gasteiger partial charge in [0, 0.05) is 12.0 Å². The van der Waals surface area contributed by atoms with Crippen LogP contribution in [0.5, 0.6) is 0 Å². The van der Waals surface area contributed by atoms with E-state index in [1.54, 1.807) is 11.3 Å². The average molecular weight is 398 g/mol. The molecule has 1 aliphatic rings. The summed E-state index contributed by atoms with van der Waals surface area (Å²) >= 11 is 1.56. The fourth-order valence-electron chi connectivity index (χ4n) is 3.46. The molecule has 1 fully saturated rings. The summed E-state index contributed by atoms with van der Waals surface area (Å²) in [6.45, 7) is 1.74. The van der Waals surface area contributed by atoms with E-state index in [9.17, 15) is 15.3 Å². The van der Waals surface area contributed by atoms with Crippen LogP contribution >= 0.6 is 11.3 Å². The van der Waals surface area contributed by atoms with Crippen LogP contribution in [0.4, 0.5) is 0 Å². The highest BCUT2D eigenvalue weighted by Crippen LogP contribution is 2.34. The lowest BCUT2D eigenvalue weighted by molar-refractivity contribution is -0.179. The molecule has 4 unspecified atom stereocenters. The molecule has 7 heteroatoms. The summed E-state index contributed by atoms with van der Waals surface area (Å²) in [5.74, 6) is 0. The molecule has 1 aliphatic heterocycles. The minimum absolute atomic E-state index is 0.188. The average Bonchev–Trinajstić information content (AvgIpc) is 3.16.